The molecule has 1 aliphatic carbocycles. The molecule has 6 heteroatoms. The van der Waals surface area contributed by atoms with Crippen molar-refractivity contribution in [2.75, 3.05) is 5.73 Å². The number of rotatable bonds is 3. The first-order valence-electron chi connectivity index (χ1n) is 7.22. The van der Waals surface area contributed by atoms with Crippen LogP contribution in [0.3, 0.4) is 0 Å². The molecular formula is C15H18N4OS. The van der Waals surface area contributed by atoms with Crippen molar-refractivity contribution in [1.82, 2.24) is 14.7 Å². The van der Waals surface area contributed by atoms with Crippen molar-refractivity contribution in [3.8, 4) is 11.3 Å². The second kappa shape index (κ2) is 6.22. The zero-order chi connectivity index (χ0) is 14.7. The fourth-order valence-electron chi connectivity index (χ4n) is 2.68. The highest BCUT2D eigenvalue weighted by atomic mass is 32.1. The average molecular weight is 302 g/mol. The molecule has 0 aromatic carbocycles. The lowest BCUT2D eigenvalue weighted by Crippen LogP contribution is -2.36. The van der Waals surface area contributed by atoms with Gasteiger partial charge >= 0.3 is 0 Å². The number of nitrogens with one attached hydrogen (secondary N) is 1. The van der Waals surface area contributed by atoms with Crippen molar-refractivity contribution in [3.05, 3.63) is 29.4 Å². The molecule has 2 heterocycles. The minimum atomic E-state index is -0.0998. The van der Waals surface area contributed by atoms with Gasteiger partial charge in [0.15, 0.2) is 0 Å². The topological polar surface area (TPSA) is 80.9 Å². The quantitative estimate of drug-likeness (QED) is 0.913. The lowest BCUT2D eigenvalue weighted by atomic mass is 9.95. The van der Waals surface area contributed by atoms with E-state index < -0.39 is 0 Å². The summed E-state index contributed by atoms with van der Waals surface area (Å²) in [6.07, 6.45) is 9.13. The fraction of sp³-hybridized carbons (Fsp3) is 0.400. The van der Waals surface area contributed by atoms with Crippen molar-refractivity contribution >= 4 is 23.1 Å². The Bertz CT molecular complexity index is 620. The lowest BCUT2D eigenvalue weighted by Gasteiger charge is -2.22. The zero-order valence-corrected chi connectivity index (χ0v) is 12.5. The molecule has 1 fully saturated rings. The van der Waals surface area contributed by atoms with Crippen LogP contribution in [0.15, 0.2) is 24.5 Å². The summed E-state index contributed by atoms with van der Waals surface area (Å²) in [6.45, 7) is 0. The SMILES string of the molecule is Nc1c(-c2ccncc2)nsc1C(=O)NC1CCCCC1. The average Bonchev–Trinajstić information content (AvgIpc) is 2.91. The molecule has 1 saturated carbocycles. The van der Waals surface area contributed by atoms with E-state index in [2.05, 4.69) is 14.7 Å². The van der Waals surface area contributed by atoms with E-state index in [1.165, 1.54) is 19.3 Å². The Labute approximate surface area is 127 Å². The van der Waals surface area contributed by atoms with Crippen molar-refractivity contribution in [2.45, 2.75) is 38.1 Å². The van der Waals surface area contributed by atoms with Gasteiger partial charge in [0.2, 0.25) is 0 Å². The van der Waals surface area contributed by atoms with Crippen molar-refractivity contribution < 1.29 is 4.79 Å². The highest BCUT2D eigenvalue weighted by Gasteiger charge is 2.22. The molecule has 0 atom stereocenters. The van der Waals surface area contributed by atoms with Gasteiger partial charge in [-0.15, -0.1) is 0 Å². The molecule has 5 nitrogen and oxygen atoms in total. The minimum absolute atomic E-state index is 0.0998. The normalized spacial score (nSPS) is 15.8. The van der Waals surface area contributed by atoms with Gasteiger partial charge in [-0.2, -0.15) is 4.37 Å². The number of aromatic nitrogens is 2. The standard InChI is InChI=1S/C15H18N4OS/c16-12-13(10-6-8-17-9-7-10)19-21-14(12)15(20)18-11-4-2-1-3-5-11/h6-9,11H,1-5,16H2,(H,18,20). The van der Waals surface area contributed by atoms with Gasteiger partial charge in [-0.05, 0) is 36.5 Å². The summed E-state index contributed by atoms with van der Waals surface area (Å²) in [5.74, 6) is -0.0998. The Hall–Kier alpha value is -1.95. The molecule has 0 radical (unpaired) electrons. The van der Waals surface area contributed by atoms with Gasteiger partial charge in [0.1, 0.15) is 10.6 Å². The summed E-state index contributed by atoms with van der Waals surface area (Å²) < 4.78 is 4.33. The number of pyridine rings is 1. The number of hydrogen-bond donors (Lipinski definition) is 2. The molecule has 0 unspecified atom stereocenters. The van der Waals surface area contributed by atoms with E-state index in [1.807, 2.05) is 12.1 Å². The Morgan fingerprint density at radius 2 is 1.95 bits per heavy atom. The Balaban J connectivity index is 1.77. The van der Waals surface area contributed by atoms with Gasteiger partial charge in [0, 0.05) is 24.0 Å². The van der Waals surface area contributed by atoms with E-state index >= 15 is 0 Å². The number of carbonyl (C=O) groups is 1. The Morgan fingerprint density at radius 3 is 2.67 bits per heavy atom. The largest absolute Gasteiger partial charge is 0.396 e. The third-order valence-corrected chi connectivity index (χ3v) is 4.69. The summed E-state index contributed by atoms with van der Waals surface area (Å²) in [5, 5.41) is 3.08. The highest BCUT2D eigenvalue weighted by Crippen LogP contribution is 2.30. The second-order valence-electron chi connectivity index (χ2n) is 5.32. The zero-order valence-electron chi connectivity index (χ0n) is 11.7. The van der Waals surface area contributed by atoms with Gasteiger partial charge in [-0.25, -0.2) is 0 Å². The highest BCUT2D eigenvalue weighted by molar-refractivity contribution is 7.09. The van der Waals surface area contributed by atoms with Crippen molar-refractivity contribution in [1.29, 1.82) is 0 Å². The number of carbonyl (C=O) groups excluding carboxylic acids is 1. The number of hydrogen-bond acceptors (Lipinski definition) is 5. The van der Waals surface area contributed by atoms with Crippen LogP contribution in [0.25, 0.3) is 11.3 Å². The summed E-state index contributed by atoms with van der Waals surface area (Å²) in [5.41, 5.74) is 8.11. The first kappa shape index (κ1) is 14.0. The molecule has 3 rings (SSSR count). The first-order valence-corrected chi connectivity index (χ1v) is 7.99. The first-order chi connectivity index (χ1) is 10.3. The third-order valence-electron chi connectivity index (χ3n) is 3.83. The number of anilines is 1. The number of amides is 1. The van der Waals surface area contributed by atoms with Gasteiger partial charge in [-0.1, -0.05) is 19.3 Å². The molecule has 0 saturated heterocycles. The van der Waals surface area contributed by atoms with Crippen LogP contribution in [0.4, 0.5) is 5.69 Å². The maximum atomic E-state index is 12.3. The second-order valence-corrected chi connectivity index (χ2v) is 6.09. The monoisotopic (exact) mass is 302 g/mol. The number of nitrogens with zero attached hydrogens (tertiary/aromatic N) is 2. The number of nitrogens with two attached hydrogens (primary N) is 1. The molecule has 2 aromatic heterocycles. The predicted molar refractivity (Wildman–Crippen MR) is 84.1 cm³/mol. The van der Waals surface area contributed by atoms with Crippen LogP contribution < -0.4 is 11.1 Å². The lowest BCUT2D eigenvalue weighted by molar-refractivity contribution is 0.0932. The van der Waals surface area contributed by atoms with Gasteiger partial charge in [0.05, 0.1) is 5.69 Å². The molecule has 110 valence electrons. The van der Waals surface area contributed by atoms with Crippen LogP contribution >= 0.6 is 11.5 Å². The summed E-state index contributed by atoms with van der Waals surface area (Å²) in [6, 6.07) is 3.96. The van der Waals surface area contributed by atoms with E-state index in [0.29, 0.717) is 16.3 Å². The molecule has 21 heavy (non-hydrogen) atoms. The predicted octanol–water partition coefficient (Wildman–Crippen LogP) is 2.85. The van der Waals surface area contributed by atoms with Gasteiger partial charge < -0.3 is 11.1 Å². The molecule has 1 amide bonds. The van der Waals surface area contributed by atoms with Crippen LogP contribution in [0, 0.1) is 0 Å². The third kappa shape index (κ3) is 3.05. The van der Waals surface area contributed by atoms with E-state index in [4.69, 9.17) is 5.73 Å². The molecule has 0 spiro atoms. The van der Waals surface area contributed by atoms with Crippen LogP contribution in [-0.4, -0.2) is 21.3 Å². The van der Waals surface area contributed by atoms with E-state index in [0.717, 1.165) is 29.9 Å². The van der Waals surface area contributed by atoms with E-state index in [1.54, 1.807) is 12.4 Å². The van der Waals surface area contributed by atoms with Gasteiger partial charge in [-0.3, -0.25) is 9.78 Å². The van der Waals surface area contributed by atoms with Crippen LogP contribution in [0.5, 0.6) is 0 Å². The molecular weight excluding hydrogens is 284 g/mol. The fourth-order valence-corrected chi connectivity index (χ4v) is 3.40. The molecule has 1 aliphatic rings. The van der Waals surface area contributed by atoms with E-state index in [-0.39, 0.29) is 11.9 Å². The van der Waals surface area contributed by atoms with Crippen LogP contribution in [0.1, 0.15) is 41.8 Å². The smallest absolute Gasteiger partial charge is 0.265 e. The summed E-state index contributed by atoms with van der Waals surface area (Å²) in [7, 11) is 0. The van der Waals surface area contributed by atoms with Crippen molar-refractivity contribution in [2.24, 2.45) is 0 Å². The maximum absolute atomic E-state index is 12.3. The van der Waals surface area contributed by atoms with Crippen molar-refractivity contribution in [3.63, 3.8) is 0 Å². The minimum Gasteiger partial charge on any atom is -0.396 e. The molecule has 2 aromatic rings. The molecule has 0 aliphatic heterocycles. The van der Waals surface area contributed by atoms with Crippen LogP contribution in [-0.2, 0) is 0 Å². The summed E-state index contributed by atoms with van der Waals surface area (Å²) >= 11 is 1.16. The van der Waals surface area contributed by atoms with E-state index in [9.17, 15) is 4.79 Å². The van der Waals surface area contributed by atoms with Gasteiger partial charge in [0.25, 0.3) is 5.91 Å². The number of nitrogen functional groups attached to an aromatic ring is 1. The molecule has 3 N–H and O–H groups in total. The van der Waals surface area contributed by atoms with Crippen LogP contribution in [0.2, 0.25) is 0 Å². The molecule has 0 bridgehead atoms. The Kier molecular flexibility index (Phi) is 4.15. The maximum Gasteiger partial charge on any atom is 0.265 e. The summed E-state index contributed by atoms with van der Waals surface area (Å²) in [4.78, 5) is 16.8. The Morgan fingerprint density at radius 1 is 1.24 bits per heavy atom.